The van der Waals surface area contributed by atoms with Gasteiger partial charge in [0.05, 0.1) is 24.3 Å². The van der Waals surface area contributed by atoms with Crippen molar-refractivity contribution in [2.24, 2.45) is 0 Å². The molecule has 10 nitrogen and oxygen atoms in total. The van der Waals surface area contributed by atoms with Crippen LogP contribution in [0.5, 0.6) is 17.2 Å². The van der Waals surface area contributed by atoms with E-state index in [-0.39, 0.29) is 18.5 Å². The van der Waals surface area contributed by atoms with Crippen molar-refractivity contribution < 1.29 is 23.4 Å². The zero-order valence-electron chi connectivity index (χ0n) is 21.6. The van der Waals surface area contributed by atoms with E-state index in [2.05, 4.69) is 21.2 Å². The summed E-state index contributed by atoms with van der Waals surface area (Å²) in [6, 6.07) is 17.4. The molecule has 1 saturated heterocycles. The summed E-state index contributed by atoms with van der Waals surface area (Å²) in [5, 5.41) is 9.39. The minimum absolute atomic E-state index is 0.0866. The van der Waals surface area contributed by atoms with Gasteiger partial charge in [0.1, 0.15) is 5.75 Å². The molecule has 0 atom stereocenters. The second-order valence-corrected chi connectivity index (χ2v) is 10.1. The summed E-state index contributed by atoms with van der Waals surface area (Å²) in [7, 11) is 0. The number of fused-ring (bicyclic) bond motifs is 1. The fourth-order valence-corrected chi connectivity index (χ4v) is 5.54. The van der Waals surface area contributed by atoms with Crippen molar-refractivity contribution in [2.45, 2.75) is 18.6 Å². The number of rotatable bonds is 9. The first-order valence-electron chi connectivity index (χ1n) is 12.9. The van der Waals surface area contributed by atoms with E-state index < -0.39 is 0 Å². The van der Waals surface area contributed by atoms with Crippen LogP contribution in [-0.4, -0.2) is 75.8 Å². The summed E-state index contributed by atoms with van der Waals surface area (Å²) in [6.07, 6.45) is 1.61. The van der Waals surface area contributed by atoms with E-state index in [4.69, 9.17) is 18.6 Å². The number of hydrogen-bond acceptors (Lipinski definition) is 9. The Bertz CT molecular complexity index is 1410. The lowest BCUT2D eigenvalue weighted by Crippen LogP contribution is -2.48. The fourth-order valence-electron chi connectivity index (χ4n) is 4.69. The maximum atomic E-state index is 13.1. The van der Waals surface area contributed by atoms with Gasteiger partial charge in [0.15, 0.2) is 22.4 Å². The van der Waals surface area contributed by atoms with Crippen molar-refractivity contribution in [3.05, 3.63) is 66.4 Å². The molecule has 202 valence electrons. The molecule has 1 amide bonds. The van der Waals surface area contributed by atoms with Crippen LogP contribution in [0.2, 0.25) is 0 Å². The number of nitrogens with zero attached hydrogens (tertiary/aromatic N) is 5. The standard InChI is InChI=1S/C28H29N5O5S/c1-2-35-22-8-6-21(7-9-22)33-27(24-4-3-15-36-24)29-30-28(33)39-18-26(34)32-13-11-31(12-14-32)17-20-5-10-23-25(16-20)38-19-37-23/h3-10,15-16H,2,11-14,17-19H2,1H3. The molecule has 2 aliphatic rings. The van der Waals surface area contributed by atoms with Crippen molar-refractivity contribution in [1.82, 2.24) is 24.6 Å². The van der Waals surface area contributed by atoms with Gasteiger partial charge in [0.25, 0.3) is 0 Å². The van der Waals surface area contributed by atoms with E-state index in [0.29, 0.717) is 36.4 Å². The van der Waals surface area contributed by atoms with Crippen molar-refractivity contribution in [1.29, 1.82) is 0 Å². The molecule has 0 aliphatic carbocycles. The zero-order valence-corrected chi connectivity index (χ0v) is 22.4. The molecule has 11 heteroatoms. The van der Waals surface area contributed by atoms with Gasteiger partial charge >= 0.3 is 0 Å². The first kappa shape index (κ1) is 25.3. The van der Waals surface area contributed by atoms with E-state index in [9.17, 15) is 4.79 Å². The number of piperazine rings is 1. The molecule has 0 N–H and O–H groups in total. The highest BCUT2D eigenvalue weighted by molar-refractivity contribution is 7.99. The normalized spacial score (nSPS) is 15.1. The third kappa shape index (κ3) is 5.59. The molecule has 1 fully saturated rings. The summed E-state index contributed by atoms with van der Waals surface area (Å²) in [5.41, 5.74) is 2.04. The minimum atomic E-state index is 0.0866. The highest BCUT2D eigenvalue weighted by Gasteiger charge is 2.24. The highest BCUT2D eigenvalue weighted by Crippen LogP contribution is 2.33. The van der Waals surface area contributed by atoms with Crippen LogP contribution in [0.15, 0.2) is 70.4 Å². The van der Waals surface area contributed by atoms with Gasteiger partial charge in [-0.3, -0.25) is 14.3 Å². The monoisotopic (exact) mass is 547 g/mol. The SMILES string of the molecule is CCOc1ccc(-n2c(SCC(=O)N3CCN(Cc4ccc5c(c4)OCO5)CC3)nnc2-c2ccco2)cc1. The first-order valence-corrected chi connectivity index (χ1v) is 13.9. The molecular formula is C28H29N5O5S. The van der Waals surface area contributed by atoms with E-state index in [0.717, 1.165) is 42.6 Å². The molecule has 4 aromatic rings. The quantitative estimate of drug-likeness (QED) is 0.287. The van der Waals surface area contributed by atoms with Crippen LogP contribution in [0, 0.1) is 0 Å². The van der Waals surface area contributed by atoms with Gasteiger partial charge in [0.2, 0.25) is 18.5 Å². The topological polar surface area (TPSA) is 95.1 Å². The average Bonchev–Trinajstić information content (AvgIpc) is 3.73. The number of carbonyl (C=O) groups is 1. The smallest absolute Gasteiger partial charge is 0.233 e. The highest BCUT2D eigenvalue weighted by atomic mass is 32.2. The molecule has 0 unspecified atom stereocenters. The van der Waals surface area contributed by atoms with Crippen LogP contribution in [0.25, 0.3) is 17.3 Å². The van der Waals surface area contributed by atoms with Crippen LogP contribution >= 0.6 is 11.8 Å². The maximum Gasteiger partial charge on any atom is 0.233 e. The Kier molecular flexibility index (Phi) is 7.42. The van der Waals surface area contributed by atoms with Crippen molar-refractivity contribution in [3.8, 4) is 34.5 Å². The number of ether oxygens (including phenoxy) is 3. The molecule has 2 aliphatic heterocycles. The van der Waals surface area contributed by atoms with Gasteiger partial charge in [-0.15, -0.1) is 10.2 Å². The van der Waals surface area contributed by atoms with Crippen LogP contribution in [0.3, 0.4) is 0 Å². The molecule has 39 heavy (non-hydrogen) atoms. The summed E-state index contributed by atoms with van der Waals surface area (Å²) in [5.74, 6) is 3.92. The second-order valence-electron chi connectivity index (χ2n) is 9.18. The van der Waals surface area contributed by atoms with Gasteiger partial charge in [-0.25, -0.2) is 0 Å². The molecular weight excluding hydrogens is 518 g/mol. The number of hydrogen-bond donors (Lipinski definition) is 0. The van der Waals surface area contributed by atoms with E-state index in [1.54, 1.807) is 6.26 Å². The zero-order chi connectivity index (χ0) is 26.6. The molecule has 0 spiro atoms. The Morgan fingerprint density at radius 3 is 2.59 bits per heavy atom. The Morgan fingerprint density at radius 2 is 1.82 bits per heavy atom. The van der Waals surface area contributed by atoms with E-state index in [1.165, 1.54) is 17.3 Å². The number of aromatic nitrogens is 3. The van der Waals surface area contributed by atoms with Gasteiger partial charge < -0.3 is 23.5 Å². The van der Waals surface area contributed by atoms with Crippen LogP contribution < -0.4 is 14.2 Å². The molecule has 0 bridgehead atoms. The van der Waals surface area contributed by atoms with Crippen molar-refractivity contribution in [2.75, 3.05) is 45.3 Å². The number of amides is 1. The van der Waals surface area contributed by atoms with E-state index in [1.807, 2.05) is 64.9 Å². The fraction of sp³-hybridized carbons (Fsp3) is 0.321. The summed E-state index contributed by atoms with van der Waals surface area (Å²) in [4.78, 5) is 17.4. The minimum Gasteiger partial charge on any atom is -0.494 e. The van der Waals surface area contributed by atoms with Gasteiger partial charge in [-0.2, -0.15) is 0 Å². The Hall–Kier alpha value is -3.96. The maximum absolute atomic E-state index is 13.1. The van der Waals surface area contributed by atoms with Gasteiger partial charge in [-0.1, -0.05) is 17.8 Å². The Balaban J connectivity index is 1.08. The predicted octanol–water partition coefficient (Wildman–Crippen LogP) is 4.09. The average molecular weight is 548 g/mol. The number of benzene rings is 2. The molecule has 6 rings (SSSR count). The molecule has 2 aromatic heterocycles. The summed E-state index contributed by atoms with van der Waals surface area (Å²) >= 11 is 1.38. The number of furan rings is 1. The molecule has 0 saturated carbocycles. The third-order valence-corrected chi connectivity index (χ3v) is 7.59. The van der Waals surface area contributed by atoms with Gasteiger partial charge in [-0.05, 0) is 61.0 Å². The molecule has 4 heterocycles. The summed E-state index contributed by atoms with van der Waals surface area (Å²) in [6.45, 7) is 6.64. The van der Waals surface area contributed by atoms with Crippen molar-refractivity contribution >= 4 is 17.7 Å². The molecule has 0 radical (unpaired) electrons. The Morgan fingerprint density at radius 1 is 1.00 bits per heavy atom. The lowest BCUT2D eigenvalue weighted by Gasteiger charge is -2.34. The van der Waals surface area contributed by atoms with Crippen LogP contribution in [0.1, 0.15) is 12.5 Å². The lowest BCUT2D eigenvalue weighted by molar-refractivity contribution is -0.130. The van der Waals surface area contributed by atoms with Crippen molar-refractivity contribution in [3.63, 3.8) is 0 Å². The third-order valence-electron chi connectivity index (χ3n) is 6.67. The van der Waals surface area contributed by atoms with Crippen LogP contribution in [-0.2, 0) is 11.3 Å². The van der Waals surface area contributed by atoms with E-state index >= 15 is 0 Å². The van der Waals surface area contributed by atoms with Crippen LogP contribution in [0.4, 0.5) is 0 Å². The summed E-state index contributed by atoms with van der Waals surface area (Å²) < 4.78 is 24.0. The largest absolute Gasteiger partial charge is 0.494 e. The lowest BCUT2D eigenvalue weighted by atomic mass is 10.1. The molecule has 2 aromatic carbocycles. The first-order chi connectivity index (χ1) is 19.2. The number of carbonyl (C=O) groups excluding carboxylic acids is 1. The number of thioether (sulfide) groups is 1. The van der Waals surface area contributed by atoms with Gasteiger partial charge in [0, 0.05) is 32.7 Å². The Labute approximate surface area is 230 Å². The predicted molar refractivity (Wildman–Crippen MR) is 145 cm³/mol. The second kappa shape index (κ2) is 11.4.